The van der Waals surface area contributed by atoms with Gasteiger partial charge in [-0.15, -0.1) is 12.4 Å². The van der Waals surface area contributed by atoms with Crippen LogP contribution in [0, 0.1) is 0 Å². The number of hydrogen-bond acceptors (Lipinski definition) is 4. The van der Waals surface area contributed by atoms with Crippen LogP contribution in [0.2, 0.25) is 0 Å². The van der Waals surface area contributed by atoms with Crippen LogP contribution < -0.4 is 5.32 Å². The van der Waals surface area contributed by atoms with Crippen LogP contribution in [0.15, 0.2) is 0 Å². The number of amides is 1. The lowest BCUT2D eigenvalue weighted by molar-refractivity contribution is -0.133. The number of carbonyl (C=O) groups excluding carboxylic acids is 1. The lowest BCUT2D eigenvalue weighted by Gasteiger charge is -2.30. The van der Waals surface area contributed by atoms with Gasteiger partial charge in [-0.2, -0.15) is 0 Å². The van der Waals surface area contributed by atoms with Crippen molar-refractivity contribution in [3.8, 4) is 0 Å². The average Bonchev–Trinajstić information content (AvgIpc) is 2.16. The van der Waals surface area contributed by atoms with Gasteiger partial charge in [0, 0.05) is 32.7 Å². The van der Waals surface area contributed by atoms with E-state index in [2.05, 4.69) is 5.32 Å². The Labute approximate surface area is 110 Å². The van der Waals surface area contributed by atoms with Crippen LogP contribution in [0.3, 0.4) is 0 Å². The van der Waals surface area contributed by atoms with Crippen molar-refractivity contribution in [1.82, 2.24) is 15.1 Å². The Hall–Kier alpha value is -0.360. The van der Waals surface area contributed by atoms with E-state index in [1.165, 1.54) is 0 Å². The summed E-state index contributed by atoms with van der Waals surface area (Å²) in [6.45, 7) is 7.71. The molecule has 1 heterocycles. The van der Waals surface area contributed by atoms with Gasteiger partial charge >= 0.3 is 0 Å². The monoisotopic (exact) mass is 265 g/mol. The van der Waals surface area contributed by atoms with E-state index in [1.54, 1.807) is 13.8 Å². The molecule has 0 aromatic heterocycles. The third-order valence-corrected chi connectivity index (χ3v) is 2.53. The van der Waals surface area contributed by atoms with E-state index in [0.717, 1.165) is 26.2 Å². The van der Waals surface area contributed by atoms with E-state index in [9.17, 15) is 9.90 Å². The molecule has 0 spiro atoms. The van der Waals surface area contributed by atoms with E-state index in [1.807, 2.05) is 16.8 Å². The van der Waals surface area contributed by atoms with Crippen LogP contribution in [-0.2, 0) is 4.79 Å². The third kappa shape index (κ3) is 6.83. The first-order valence-corrected chi connectivity index (χ1v) is 5.78. The summed E-state index contributed by atoms with van der Waals surface area (Å²) in [7, 11) is 1.86. The van der Waals surface area contributed by atoms with Crippen molar-refractivity contribution in [3.05, 3.63) is 0 Å². The van der Waals surface area contributed by atoms with Gasteiger partial charge in [0.15, 0.2) is 0 Å². The van der Waals surface area contributed by atoms with Crippen LogP contribution >= 0.6 is 12.4 Å². The molecule has 1 amide bonds. The summed E-state index contributed by atoms with van der Waals surface area (Å²) in [5, 5.41) is 12.8. The van der Waals surface area contributed by atoms with Crippen molar-refractivity contribution < 1.29 is 9.90 Å². The average molecular weight is 266 g/mol. The second-order valence-electron chi connectivity index (χ2n) is 5.12. The predicted octanol–water partition coefficient (Wildman–Crippen LogP) is -0.457. The summed E-state index contributed by atoms with van der Waals surface area (Å²) in [5.74, 6) is 0.147. The van der Waals surface area contributed by atoms with Gasteiger partial charge in [-0.3, -0.25) is 9.69 Å². The van der Waals surface area contributed by atoms with Crippen LogP contribution in [-0.4, -0.2) is 72.7 Å². The first kappa shape index (κ1) is 16.6. The summed E-state index contributed by atoms with van der Waals surface area (Å²) in [6, 6.07) is 0. The van der Waals surface area contributed by atoms with Gasteiger partial charge in [0.2, 0.25) is 5.91 Å². The Morgan fingerprint density at radius 2 is 1.94 bits per heavy atom. The number of likely N-dealkylation sites (N-methyl/N-ethyl adjacent to an activating group) is 1. The van der Waals surface area contributed by atoms with E-state index in [-0.39, 0.29) is 18.3 Å². The summed E-state index contributed by atoms with van der Waals surface area (Å²) in [4.78, 5) is 15.6. The highest BCUT2D eigenvalue weighted by molar-refractivity contribution is 5.85. The maximum absolute atomic E-state index is 11.9. The molecule has 1 rings (SSSR count). The van der Waals surface area contributed by atoms with Crippen LogP contribution in [0.4, 0.5) is 0 Å². The number of hydrogen-bond donors (Lipinski definition) is 2. The highest BCUT2D eigenvalue weighted by Crippen LogP contribution is 2.03. The molecule has 0 saturated carbocycles. The highest BCUT2D eigenvalue weighted by atomic mass is 35.5. The zero-order valence-electron chi connectivity index (χ0n) is 10.9. The largest absolute Gasteiger partial charge is 0.389 e. The molecule has 1 fully saturated rings. The van der Waals surface area contributed by atoms with Gasteiger partial charge in [0.05, 0.1) is 12.1 Å². The first-order chi connectivity index (χ1) is 7.38. The third-order valence-electron chi connectivity index (χ3n) is 2.53. The molecule has 102 valence electrons. The number of nitrogens with one attached hydrogen (secondary N) is 1. The van der Waals surface area contributed by atoms with Gasteiger partial charge < -0.3 is 15.3 Å². The Kier molecular flexibility index (Phi) is 7.01. The quantitative estimate of drug-likeness (QED) is 0.723. The maximum atomic E-state index is 11.9. The number of carbonyl (C=O) groups is 1. The number of nitrogens with zero attached hydrogens (tertiary/aromatic N) is 2. The molecule has 0 aromatic rings. The standard InChI is InChI=1S/C11H23N3O2.ClH/c1-11(2,16)9-13(3)8-10(15)14-6-4-12-5-7-14;/h12,16H,4-9H2,1-3H3;1H. The van der Waals surface area contributed by atoms with Gasteiger partial charge in [-0.25, -0.2) is 0 Å². The van der Waals surface area contributed by atoms with Gasteiger partial charge in [-0.1, -0.05) is 0 Å². The zero-order chi connectivity index (χ0) is 12.2. The molecule has 17 heavy (non-hydrogen) atoms. The molecule has 0 aliphatic carbocycles. The molecule has 0 bridgehead atoms. The Bertz CT molecular complexity index is 237. The van der Waals surface area contributed by atoms with Gasteiger partial charge in [0.25, 0.3) is 0 Å². The van der Waals surface area contributed by atoms with E-state index < -0.39 is 5.60 Å². The maximum Gasteiger partial charge on any atom is 0.236 e. The fourth-order valence-electron chi connectivity index (χ4n) is 1.96. The molecule has 0 aromatic carbocycles. The number of piperazine rings is 1. The summed E-state index contributed by atoms with van der Waals surface area (Å²) in [6.07, 6.45) is 0. The minimum Gasteiger partial charge on any atom is -0.389 e. The Balaban J connectivity index is 0.00000256. The summed E-state index contributed by atoms with van der Waals surface area (Å²) in [5.41, 5.74) is -0.752. The molecule has 0 atom stereocenters. The second-order valence-corrected chi connectivity index (χ2v) is 5.12. The number of halogens is 1. The fourth-order valence-corrected chi connectivity index (χ4v) is 1.96. The predicted molar refractivity (Wildman–Crippen MR) is 70.5 cm³/mol. The van der Waals surface area contributed by atoms with Crippen molar-refractivity contribution >= 4 is 18.3 Å². The molecule has 1 aliphatic heterocycles. The first-order valence-electron chi connectivity index (χ1n) is 5.78. The molecule has 2 N–H and O–H groups in total. The molecular formula is C11H24ClN3O2. The highest BCUT2D eigenvalue weighted by Gasteiger charge is 2.21. The Morgan fingerprint density at radius 3 is 2.41 bits per heavy atom. The van der Waals surface area contributed by atoms with Crippen molar-refractivity contribution in [2.75, 3.05) is 46.3 Å². The topological polar surface area (TPSA) is 55.8 Å². The zero-order valence-corrected chi connectivity index (χ0v) is 11.7. The summed E-state index contributed by atoms with van der Waals surface area (Å²) < 4.78 is 0. The van der Waals surface area contributed by atoms with Crippen molar-refractivity contribution in [2.45, 2.75) is 19.4 Å². The van der Waals surface area contributed by atoms with Gasteiger partial charge in [-0.05, 0) is 20.9 Å². The molecule has 5 nitrogen and oxygen atoms in total. The molecule has 1 saturated heterocycles. The second kappa shape index (κ2) is 7.16. The lowest BCUT2D eigenvalue weighted by atomic mass is 10.1. The van der Waals surface area contributed by atoms with E-state index in [0.29, 0.717) is 13.1 Å². The van der Waals surface area contributed by atoms with Crippen molar-refractivity contribution in [1.29, 1.82) is 0 Å². The fraction of sp³-hybridized carbons (Fsp3) is 0.909. The SMILES string of the molecule is CN(CC(=O)N1CCNCC1)CC(C)(C)O.Cl. The number of aliphatic hydroxyl groups is 1. The normalized spacial score (nSPS) is 16.9. The van der Waals surface area contributed by atoms with Crippen molar-refractivity contribution in [2.24, 2.45) is 0 Å². The minimum atomic E-state index is -0.752. The van der Waals surface area contributed by atoms with E-state index >= 15 is 0 Å². The van der Waals surface area contributed by atoms with Gasteiger partial charge in [0.1, 0.15) is 0 Å². The van der Waals surface area contributed by atoms with Crippen LogP contribution in [0.25, 0.3) is 0 Å². The van der Waals surface area contributed by atoms with Crippen molar-refractivity contribution in [3.63, 3.8) is 0 Å². The summed E-state index contributed by atoms with van der Waals surface area (Å²) >= 11 is 0. The molecule has 0 unspecified atom stereocenters. The lowest BCUT2D eigenvalue weighted by Crippen LogP contribution is -2.50. The molecule has 0 radical (unpaired) electrons. The Morgan fingerprint density at radius 1 is 1.41 bits per heavy atom. The van der Waals surface area contributed by atoms with E-state index in [4.69, 9.17) is 0 Å². The smallest absolute Gasteiger partial charge is 0.236 e. The minimum absolute atomic E-state index is 0. The molecular weight excluding hydrogens is 242 g/mol. The van der Waals surface area contributed by atoms with Crippen LogP contribution in [0.5, 0.6) is 0 Å². The number of rotatable bonds is 4. The van der Waals surface area contributed by atoms with Crippen LogP contribution in [0.1, 0.15) is 13.8 Å². The molecule has 6 heteroatoms. The molecule has 1 aliphatic rings.